The molecule has 3 rings (SSSR count). The van der Waals surface area contributed by atoms with Gasteiger partial charge in [0.1, 0.15) is 0 Å². The lowest BCUT2D eigenvalue weighted by molar-refractivity contribution is 0.588. The average Bonchev–Trinajstić information content (AvgIpc) is 3.10. The molecule has 1 fully saturated rings. The summed E-state index contributed by atoms with van der Waals surface area (Å²) in [5, 5.41) is 6.01. The van der Waals surface area contributed by atoms with Gasteiger partial charge in [-0.25, -0.2) is 0 Å². The number of nitrogens with one attached hydrogen (secondary N) is 1. The van der Waals surface area contributed by atoms with E-state index in [-0.39, 0.29) is 5.41 Å². The third-order valence-electron chi connectivity index (χ3n) is 3.99. The van der Waals surface area contributed by atoms with Crippen LogP contribution in [0.1, 0.15) is 50.1 Å². The summed E-state index contributed by atoms with van der Waals surface area (Å²) < 4.78 is 0. The van der Waals surface area contributed by atoms with Crippen molar-refractivity contribution in [3.63, 3.8) is 0 Å². The molecule has 1 atom stereocenters. The molecule has 0 aliphatic heterocycles. The maximum atomic E-state index is 3.83. The molecule has 1 heterocycles. The van der Waals surface area contributed by atoms with Crippen LogP contribution in [0.5, 0.6) is 0 Å². The van der Waals surface area contributed by atoms with Crippen molar-refractivity contribution < 1.29 is 0 Å². The zero-order valence-electron chi connectivity index (χ0n) is 12.5. The Morgan fingerprint density at radius 2 is 1.85 bits per heavy atom. The van der Waals surface area contributed by atoms with Crippen molar-refractivity contribution in [2.24, 2.45) is 5.92 Å². The Balaban J connectivity index is 1.90. The molecular weight excluding hydrogens is 262 g/mol. The fourth-order valence-corrected chi connectivity index (χ4v) is 3.62. The quantitative estimate of drug-likeness (QED) is 0.770. The standard InChI is InChI=1S/C18H23NS/c1-18(2,3)14-7-4-5-8-15(14)19-17(13-10-11-13)16-9-6-12-20-16/h4-9,12-13,17,19H,10-11H2,1-3H3. The number of hydrogen-bond acceptors (Lipinski definition) is 2. The van der Waals surface area contributed by atoms with Gasteiger partial charge < -0.3 is 5.32 Å². The van der Waals surface area contributed by atoms with Crippen LogP contribution in [-0.2, 0) is 5.41 Å². The molecule has 0 radical (unpaired) electrons. The van der Waals surface area contributed by atoms with Crippen molar-refractivity contribution in [1.29, 1.82) is 0 Å². The monoisotopic (exact) mass is 285 g/mol. The summed E-state index contributed by atoms with van der Waals surface area (Å²) in [5.74, 6) is 0.807. The molecule has 1 nitrogen and oxygen atoms in total. The predicted molar refractivity (Wildman–Crippen MR) is 88.5 cm³/mol. The van der Waals surface area contributed by atoms with Crippen LogP contribution in [0, 0.1) is 5.92 Å². The fraction of sp³-hybridized carbons (Fsp3) is 0.444. The Morgan fingerprint density at radius 3 is 2.45 bits per heavy atom. The summed E-state index contributed by atoms with van der Waals surface area (Å²) in [7, 11) is 0. The molecule has 0 saturated heterocycles. The number of para-hydroxylation sites is 1. The molecule has 1 saturated carbocycles. The summed E-state index contributed by atoms with van der Waals surface area (Å²) in [6.07, 6.45) is 2.71. The molecule has 1 aromatic heterocycles. The highest BCUT2D eigenvalue weighted by molar-refractivity contribution is 7.10. The van der Waals surface area contributed by atoms with E-state index in [1.807, 2.05) is 11.3 Å². The van der Waals surface area contributed by atoms with Crippen LogP contribution >= 0.6 is 11.3 Å². The van der Waals surface area contributed by atoms with Crippen molar-refractivity contribution in [1.82, 2.24) is 0 Å². The van der Waals surface area contributed by atoms with Crippen LogP contribution in [0.3, 0.4) is 0 Å². The summed E-state index contributed by atoms with van der Waals surface area (Å²) >= 11 is 1.87. The summed E-state index contributed by atoms with van der Waals surface area (Å²) in [5.41, 5.74) is 2.88. The van der Waals surface area contributed by atoms with Crippen LogP contribution in [0.25, 0.3) is 0 Å². The largest absolute Gasteiger partial charge is 0.377 e. The Labute approximate surface area is 126 Å². The van der Waals surface area contributed by atoms with Gasteiger partial charge in [-0.15, -0.1) is 11.3 Å². The van der Waals surface area contributed by atoms with Crippen LogP contribution in [0.15, 0.2) is 41.8 Å². The number of anilines is 1. The first kappa shape index (κ1) is 13.7. The third kappa shape index (κ3) is 2.90. The topological polar surface area (TPSA) is 12.0 Å². The number of hydrogen-bond donors (Lipinski definition) is 1. The second kappa shape index (κ2) is 5.25. The molecule has 2 heteroatoms. The van der Waals surface area contributed by atoms with Crippen molar-refractivity contribution >= 4 is 17.0 Å². The first-order chi connectivity index (χ1) is 9.55. The van der Waals surface area contributed by atoms with Crippen LogP contribution in [-0.4, -0.2) is 0 Å². The van der Waals surface area contributed by atoms with E-state index in [1.54, 1.807) is 0 Å². The van der Waals surface area contributed by atoms with Crippen molar-refractivity contribution in [2.45, 2.75) is 45.1 Å². The molecule has 2 aromatic rings. The second-order valence-electron chi connectivity index (χ2n) is 6.77. The molecule has 106 valence electrons. The molecule has 1 aliphatic rings. The van der Waals surface area contributed by atoms with Gasteiger partial charge in [0.25, 0.3) is 0 Å². The fourth-order valence-electron chi connectivity index (χ4n) is 2.75. The Kier molecular flexibility index (Phi) is 3.59. The van der Waals surface area contributed by atoms with Crippen LogP contribution in [0.4, 0.5) is 5.69 Å². The summed E-state index contributed by atoms with van der Waals surface area (Å²) in [6, 6.07) is 13.7. The van der Waals surface area contributed by atoms with E-state index in [0.717, 1.165) is 5.92 Å². The smallest absolute Gasteiger partial charge is 0.0634 e. The molecule has 0 spiro atoms. The lowest BCUT2D eigenvalue weighted by Gasteiger charge is -2.26. The minimum atomic E-state index is 0.174. The first-order valence-corrected chi connectivity index (χ1v) is 8.33. The molecular formula is C18H23NS. The number of rotatable bonds is 4. The zero-order chi connectivity index (χ0) is 14.2. The van der Waals surface area contributed by atoms with E-state index in [1.165, 1.54) is 29.0 Å². The molecule has 0 amide bonds. The SMILES string of the molecule is CC(C)(C)c1ccccc1NC(c1cccs1)C1CC1. The molecule has 0 bridgehead atoms. The third-order valence-corrected chi connectivity index (χ3v) is 4.94. The van der Waals surface area contributed by atoms with Gasteiger partial charge in [0, 0.05) is 10.6 Å². The van der Waals surface area contributed by atoms with Gasteiger partial charge in [-0.2, -0.15) is 0 Å². The summed E-state index contributed by atoms with van der Waals surface area (Å²) in [4.78, 5) is 1.47. The molecule has 20 heavy (non-hydrogen) atoms. The van der Waals surface area contributed by atoms with Gasteiger partial charge in [0.05, 0.1) is 6.04 Å². The van der Waals surface area contributed by atoms with Gasteiger partial charge in [0.15, 0.2) is 0 Å². The van der Waals surface area contributed by atoms with Crippen molar-refractivity contribution in [2.75, 3.05) is 5.32 Å². The molecule has 1 aliphatic carbocycles. The maximum absolute atomic E-state index is 3.83. The van der Waals surface area contributed by atoms with Crippen molar-refractivity contribution in [3.05, 3.63) is 52.2 Å². The van der Waals surface area contributed by atoms with Gasteiger partial charge in [0.2, 0.25) is 0 Å². The van der Waals surface area contributed by atoms with E-state index >= 15 is 0 Å². The number of thiophene rings is 1. The Bertz CT molecular complexity index is 561. The normalized spacial score (nSPS) is 16.9. The maximum Gasteiger partial charge on any atom is 0.0634 e. The van der Waals surface area contributed by atoms with Gasteiger partial charge >= 0.3 is 0 Å². The molecule has 1 N–H and O–H groups in total. The van der Waals surface area contributed by atoms with Crippen molar-refractivity contribution in [3.8, 4) is 0 Å². The highest BCUT2D eigenvalue weighted by Gasteiger charge is 2.33. The second-order valence-corrected chi connectivity index (χ2v) is 7.75. The van der Waals surface area contributed by atoms with E-state index in [2.05, 4.69) is 67.9 Å². The van der Waals surface area contributed by atoms with Gasteiger partial charge in [-0.05, 0) is 47.3 Å². The zero-order valence-corrected chi connectivity index (χ0v) is 13.3. The highest BCUT2D eigenvalue weighted by atomic mass is 32.1. The van der Waals surface area contributed by atoms with E-state index in [4.69, 9.17) is 0 Å². The van der Waals surface area contributed by atoms with E-state index in [0.29, 0.717) is 6.04 Å². The van der Waals surface area contributed by atoms with Gasteiger partial charge in [-0.3, -0.25) is 0 Å². The summed E-state index contributed by atoms with van der Waals surface area (Å²) in [6.45, 7) is 6.85. The molecule has 1 aromatic carbocycles. The lowest BCUT2D eigenvalue weighted by atomic mass is 9.85. The average molecular weight is 285 g/mol. The molecule has 1 unspecified atom stereocenters. The lowest BCUT2D eigenvalue weighted by Crippen LogP contribution is -2.18. The number of benzene rings is 1. The minimum Gasteiger partial charge on any atom is -0.377 e. The van der Waals surface area contributed by atoms with Crippen LogP contribution < -0.4 is 5.32 Å². The minimum absolute atomic E-state index is 0.174. The van der Waals surface area contributed by atoms with Gasteiger partial charge in [-0.1, -0.05) is 45.0 Å². The Hall–Kier alpha value is -1.28. The first-order valence-electron chi connectivity index (χ1n) is 7.45. The highest BCUT2D eigenvalue weighted by Crippen LogP contribution is 2.45. The van der Waals surface area contributed by atoms with E-state index < -0.39 is 0 Å². The van der Waals surface area contributed by atoms with Crippen LogP contribution in [0.2, 0.25) is 0 Å². The van der Waals surface area contributed by atoms with E-state index in [9.17, 15) is 0 Å². The Morgan fingerprint density at radius 1 is 1.10 bits per heavy atom. The predicted octanol–water partition coefficient (Wildman–Crippen LogP) is 5.61.